The van der Waals surface area contributed by atoms with Crippen LogP contribution in [0.15, 0.2) is 51.1 Å². The molecule has 2 aliphatic rings. The van der Waals surface area contributed by atoms with E-state index in [9.17, 15) is 32.3 Å². The first-order valence-corrected chi connectivity index (χ1v) is 8.52. The molecule has 2 heterocycles. The van der Waals surface area contributed by atoms with Crippen molar-refractivity contribution in [3.8, 4) is 5.06 Å². The van der Waals surface area contributed by atoms with Crippen molar-refractivity contribution < 1.29 is 42.1 Å². The summed E-state index contributed by atoms with van der Waals surface area (Å²) in [5.74, 6) is -4.26. The summed E-state index contributed by atoms with van der Waals surface area (Å²) in [4.78, 5) is 27.4. The molecule has 2 N–H and O–H groups in total. The minimum atomic E-state index is -4.93. The van der Waals surface area contributed by atoms with Crippen molar-refractivity contribution in [3.05, 3.63) is 51.0 Å². The number of aliphatic carboxylic acids is 1. The van der Waals surface area contributed by atoms with Crippen LogP contribution in [0, 0.1) is 0 Å². The fourth-order valence-corrected chi connectivity index (χ4v) is 3.73. The van der Waals surface area contributed by atoms with E-state index >= 15 is 0 Å². The predicted octanol–water partition coefficient (Wildman–Crippen LogP) is 4.47. The van der Waals surface area contributed by atoms with Gasteiger partial charge in [-0.3, -0.25) is 14.6 Å². The molecule has 1 aromatic rings. The van der Waals surface area contributed by atoms with Crippen LogP contribution >= 0.6 is 11.3 Å². The minimum Gasteiger partial charge on any atom is -0.505 e. The molecule has 1 aliphatic heterocycles. The van der Waals surface area contributed by atoms with Crippen LogP contribution in [0.5, 0.6) is 5.06 Å². The Morgan fingerprint density at radius 2 is 2.00 bits per heavy atom. The Labute approximate surface area is 158 Å². The van der Waals surface area contributed by atoms with Gasteiger partial charge in [0.1, 0.15) is 0 Å². The van der Waals surface area contributed by atoms with Gasteiger partial charge in [-0.1, -0.05) is 11.3 Å². The Bertz CT molecular complexity index is 1010. The van der Waals surface area contributed by atoms with E-state index in [2.05, 4.69) is 9.73 Å². The first-order chi connectivity index (χ1) is 13.0. The summed E-state index contributed by atoms with van der Waals surface area (Å²) in [6.45, 7) is 1.47. The quantitative estimate of drug-likeness (QED) is 0.544. The Morgan fingerprint density at radius 3 is 2.61 bits per heavy atom. The number of carboxylic acid groups (broad SMARTS) is 1. The molecule has 0 saturated heterocycles. The molecule has 0 amide bonds. The number of rotatable bonds is 5. The number of aliphatic hydroxyl groups excluding tert-OH is 1. The molecule has 0 radical (unpaired) electrons. The summed E-state index contributed by atoms with van der Waals surface area (Å²) in [5, 5.41) is 18.5. The molecule has 148 valence electrons. The largest absolute Gasteiger partial charge is 0.573 e. The van der Waals surface area contributed by atoms with Crippen LogP contribution in [0.4, 0.5) is 17.6 Å². The van der Waals surface area contributed by atoms with Crippen molar-refractivity contribution in [2.45, 2.75) is 26.1 Å². The Balaban J connectivity index is 1.94. The maximum Gasteiger partial charge on any atom is 0.573 e. The van der Waals surface area contributed by atoms with Gasteiger partial charge in [0, 0.05) is 17.7 Å². The summed E-state index contributed by atoms with van der Waals surface area (Å²) < 4.78 is 55.2. The molecule has 28 heavy (non-hydrogen) atoms. The molecular weight excluding hydrogens is 406 g/mol. The van der Waals surface area contributed by atoms with Crippen LogP contribution in [0.25, 0.3) is 0 Å². The highest BCUT2D eigenvalue weighted by atomic mass is 32.1. The number of hydrogen-bond acceptors (Lipinski definition) is 6. The molecule has 0 saturated carbocycles. The number of ether oxygens (including phenoxy) is 1. The number of nitrogens with zero attached hydrogens (tertiary/aromatic N) is 1. The second-order valence-corrected chi connectivity index (χ2v) is 6.93. The molecule has 0 aromatic carbocycles. The Hall–Kier alpha value is -2.95. The van der Waals surface area contributed by atoms with E-state index in [0.29, 0.717) is 11.3 Å². The van der Waals surface area contributed by atoms with Gasteiger partial charge in [-0.05, 0) is 24.6 Å². The van der Waals surface area contributed by atoms with Gasteiger partial charge in [-0.25, -0.2) is 4.39 Å². The highest BCUT2D eigenvalue weighted by molar-refractivity contribution is 7.16. The smallest absolute Gasteiger partial charge is 0.505 e. The van der Waals surface area contributed by atoms with E-state index in [4.69, 9.17) is 5.11 Å². The van der Waals surface area contributed by atoms with Gasteiger partial charge in [0.15, 0.2) is 16.6 Å². The van der Waals surface area contributed by atoms with E-state index in [-0.39, 0.29) is 39.4 Å². The van der Waals surface area contributed by atoms with Crippen molar-refractivity contribution >= 4 is 28.8 Å². The zero-order valence-corrected chi connectivity index (χ0v) is 14.9. The molecule has 0 fully saturated rings. The van der Waals surface area contributed by atoms with E-state index in [1.54, 1.807) is 0 Å². The zero-order chi connectivity index (χ0) is 20.8. The van der Waals surface area contributed by atoms with Crippen molar-refractivity contribution in [1.82, 2.24) is 0 Å². The first kappa shape index (κ1) is 19.8. The fraction of sp³-hybridized carbons (Fsp3) is 0.235. The number of ketones is 1. The molecule has 0 unspecified atom stereocenters. The molecule has 11 heteroatoms. The number of Topliss-reactive ketones (excluding diaryl/α,β-unsaturated/α-hetero) is 1. The summed E-state index contributed by atoms with van der Waals surface area (Å²) >= 11 is 0.396. The number of alkyl halides is 3. The van der Waals surface area contributed by atoms with Crippen LogP contribution in [-0.4, -0.2) is 34.0 Å². The first-order valence-electron chi connectivity index (χ1n) is 7.70. The third-order valence-corrected chi connectivity index (χ3v) is 4.97. The summed E-state index contributed by atoms with van der Waals surface area (Å²) in [6.07, 6.45) is -5.73. The van der Waals surface area contributed by atoms with Crippen LogP contribution in [0.3, 0.4) is 0 Å². The number of halogens is 4. The normalized spacial score (nSPS) is 17.1. The number of thiophene rings is 1. The second kappa shape index (κ2) is 6.89. The third-order valence-electron chi connectivity index (χ3n) is 4.01. The predicted molar refractivity (Wildman–Crippen MR) is 90.1 cm³/mol. The maximum absolute atomic E-state index is 14.7. The van der Waals surface area contributed by atoms with Crippen LogP contribution in [0.1, 0.15) is 29.4 Å². The monoisotopic (exact) mass is 417 g/mol. The standard InChI is InChI=1S/C17H11F4NO5S/c1-6-7(5-11(23)24)13-9(22-6)4-8(16(26)14(13)18)15(25)10-2-3-12(28-10)27-17(19,20)21/h2-3,26H,4-5H2,1H3,(H,23,24). The number of fused-ring (bicyclic) bond motifs is 1. The van der Waals surface area contributed by atoms with Gasteiger partial charge in [-0.15, -0.1) is 13.2 Å². The number of hydrogen-bond donors (Lipinski definition) is 2. The maximum atomic E-state index is 14.7. The number of aliphatic hydroxyl groups is 1. The number of allylic oxidation sites excluding steroid dienone is 4. The third kappa shape index (κ3) is 3.70. The van der Waals surface area contributed by atoms with E-state index < -0.39 is 41.2 Å². The van der Waals surface area contributed by atoms with Gasteiger partial charge < -0.3 is 14.9 Å². The number of carbonyl (C=O) groups excluding carboxylic acids is 1. The van der Waals surface area contributed by atoms with Crippen molar-refractivity contribution in [1.29, 1.82) is 0 Å². The van der Waals surface area contributed by atoms with Crippen molar-refractivity contribution in [2.24, 2.45) is 4.99 Å². The molecule has 1 aromatic heterocycles. The van der Waals surface area contributed by atoms with E-state index in [1.807, 2.05) is 0 Å². The lowest BCUT2D eigenvalue weighted by atomic mass is 9.87. The molecule has 0 bridgehead atoms. The summed E-state index contributed by atoms with van der Waals surface area (Å²) in [5.41, 5.74) is -0.127. The molecular formula is C17H11F4NO5S. The van der Waals surface area contributed by atoms with Crippen LogP contribution in [0.2, 0.25) is 0 Å². The minimum absolute atomic E-state index is 0.0794. The average Bonchev–Trinajstić information content (AvgIpc) is 3.13. The summed E-state index contributed by atoms with van der Waals surface area (Å²) in [7, 11) is 0. The van der Waals surface area contributed by atoms with Gasteiger partial charge in [0.05, 0.1) is 22.6 Å². The second-order valence-electron chi connectivity index (χ2n) is 5.88. The van der Waals surface area contributed by atoms with Crippen molar-refractivity contribution in [2.75, 3.05) is 0 Å². The lowest BCUT2D eigenvalue weighted by molar-refractivity contribution is -0.273. The van der Waals surface area contributed by atoms with Crippen LogP contribution < -0.4 is 4.74 Å². The average molecular weight is 417 g/mol. The number of carboxylic acids is 1. The highest BCUT2D eigenvalue weighted by Gasteiger charge is 2.37. The molecule has 3 rings (SSSR count). The lowest BCUT2D eigenvalue weighted by Crippen LogP contribution is -2.19. The van der Waals surface area contributed by atoms with E-state index in [1.165, 1.54) is 6.92 Å². The fourth-order valence-electron chi connectivity index (χ4n) is 2.89. The molecule has 1 aliphatic carbocycles. The SMILES string of the molecule is CC1=C(CC(=O)O)C2=C(F)C(O)=C(C(=O)c3ccc(OC(F)(F)F)s3)CC2=N1. The molecule has 0 atom stereocenters. The topological polar surface area (TPSA) is 96.2 Å². The van der Waals surface area contributed by atoms with Gasteiger partial charge in [0.25, 0.3) is 0 Å². The highest BCUT2D eigenvalue weighted by Crippen LogP contribution is 2.41. The lowest BCUT2D eigenvalue weighted by Gasteiger charge is -2.18. The number of aliphatic imine (C=N–C) groups is 1. The van der Waals surface area contributed by atoms with Crippen molar-refractivity contribution in [3.63, 3.8) is 0 Å². The molecule has 6 nitrogen and oxygen atoms in total. The van der Waals surface area contributed by atoms with Crippen LogP contribution in [-0.2, 0) is 4.79 Å². The van der Waals surface area contributed by atoms with E-state index in [0.717, 1.165) is 12.1 Å². The molecule has 0 spiro atoms. The van der Waals surface area contributed by atoms with Gasteiger partial charge >= 0.3 is 12.3 Å². The van der Waals surface area contributed by atoms with Gasteiger partial charge in [0.2, 0.25) is 5.78 Å². The Kier molecular flexibility index (Phi) is 4.88. The Morgan fingerprint density at radius 1 is 1.32 bits per heavy atom. The summed E-state index contributed by atoms with van der Waals surface area (Å²) in [6, 6.07) is 2.01. The number of carbonyl (C=O) groups is 2. The zero-order valence-electron chi connectivity index (χ0n) is 14.1. The van der Waals surface area contributed by atoms with Gasteiger partial charge in [-0.2, -0.15) is 0 Å².